The van der Waals surface area contributed by atoms with Gasteiger partial charge < -0.3 is 4.74 Å². The van der Waals surface area contributed by atoms with E-state index in [1.807, 2.05) is 0 Å². The van der Waals surface area contributed by atoms with E-state index >= 15 is 0 Å². The maximum absolute atomic E-state index is 11.6. The van der Waals surface area contributed by atoms with Crippen molar-refractivity contribution in [2.75, 3.05) is 6.61 Å². The van der Waals surface area contributed by atoms with Crippen molar-refractivity contribution in [3.8, 4) is 0 Å². The molecule has 0 saturated carbocycles. The summed E-state index contributed by atoms with van der Waals surface area (Å²) in [5, 5.41) is -1.54. The molecule has 1 aromatic carbocycles. The van der Waals surface area contributed by atoms with Crippen LogP contribution in [0.2, 0.25) is 0 Å². The highest BCUT2D eigenvalue weighted by molar-refractivity contribution is 6.69. The third-order valence-electron chi connectivity index (χ3n) is 1.95. The van der Waals surface area contributed by atoms with Gasteiger partial charge in [0.1, 0.15) is 0 Å². The van der Waals surface area contributed by atoms with Gasteiger partial charge in [0.15, 0.2) is 0 Å². The number of carbonyl (C=O) groups is 3. The summed E-state index contributed by atoms with van der Waals surface area (Å²) in [7, 11) is 0. The molecular formula is C11H8Cl2O4. The summed E-state index contributed by atoms with van der Waals surface area (Å²) in [4.78, 5) is 33.6. The van der Waals surface area contributed by atoms with E-state index in [1.165, 1.54) is 18.2 Å². The van der Waals surface area contributed by atoms with Crippen molar-refractivity contribution in [2.45, 2.75) is 6.92 Å². The summed E-state index contributed by atoms with van der Waals surface area (Å²) in [6, 6.07) is 3.76. The number of esters is 1. The van der Waals surface area contributed by atoms with Gasteiger partial charge in [-0.1, -0.05) is 0 Å². The fourth-order valence-corrected chi connectivity index (χ4v) is 1.50. The van der Waals surface area contributed by atoms with Gasteiger partial charge >= 0.3 is 5.97 Å². The number of halogens is 2. The first kappa shape index (κ1) is 13.7. The van der Waals surface area contributed by atoms with Crippen LogP contribution in [0, 0.1) is 0 Å². The third kappa shape index (κ3) is 3.28. The zero-order chi connectivity index (χ0) is 13.0. The highest BCUT2D eigenvalue weighted by Gasteiger charge is 2.18. The molecule has 6 heteroatoms. The molecule has 1 rings (SSSR count). The lowest BCUT2D eigenvalue weighted by atomic mass is 10.1. The molecule has 0 aromatic heterocycles. The van der Waals surface area contributed by atoms with E-state index < -0.39 is 16.5 Å². The van der Waals surface area contributed by atoms with E-state index in [0.29, 0.717) is 0 Å². The van der Waals surface area contributed by atoms with E-state index in [9.17, 15) is 14.4 Å². The van der Waals surface area contributed by atoms with Gasteiger partial charge in [-0.25, -0.2) is 4.79 Å². The second-order valence-corrected chi connectivity index (χ2v) is 3.71. The van der Waals surface area contributed by atoms with Crippen LogP contribution in [-0.2, 0) is 4.74 Å². The summed E-state index contributed by atoms with van der Waals surface area (Å²) in [6.45, 7) is 1.77. The van der Waals surface area contributed by atoms with Crippen molar-refractivity contribution >= 4 is 39.7 Å². The highest BCUT2D eigenvalue weighted by Crippen LogP contribution is 2.17. The lowest BCUT2D eigenvalue weighted by molar-refractivity contribution is 0.0524. The van der Waals surface area contributed by atoms with Gasteiger partial charge in [-0.3, -0.25) is 9.59 Å². The maximum atomic E-state index is 11.6. The van der Waals surface area contributed by atoms with Crippen LogP contribution in [0.4, 0.5) is 0 Å². The highest BCUT2D eigenvalue weighted by atomic mass is 35.5. The molecule has 0 amide bonds. The predicted octanol–water partition coefficient (Wildman–Crippen LogP) is 2.62. The second kappa shape index (κ2) is 5.80. The fourth-order valence-electron chi connectivity index (χ4n) is 1.22. The van der Waals surface area contributed by atoms with Crippen LogP contribution in [0.5, 0.6) is 0 Å². The van der Waals surface area contributed by atoms with E-state index in [4.69, 9.17) is 27.9 Å². The van der Waals surface area contributed by atoms with E-state index in [-0.39, 0.29) is 23.3 Å². The molecule has 0 N–H and O–H groups in total. The van der Waals surface area contributed by atoms with Crippen molar-refractivity contribution in [3.05, 3.63) is 34.9 Å². The van der Waals surface area contributed by atoms with E-state index in [0.717, 1.165) is 0 Å². The molecule has 0 unspecified atom stereocenters. The fraction of sp³-hybridized carbons (Fsp3) is 0.182. The average molecular weight is 275 g/mol. The lowest BCUT2D eigenvalue weighted by Gasteiger charge is -2.06. The molecule has 0 aliphatic carbocycles. The first-order valence-electron chi connectivity index (χ1n) is 4.68. The first-order chi connectivity index (χ1) is 7.97. The molecule has 0 atom stereocenters. The molecule has 0 fully saturated rings. The second-order valence-electron chi connectivity index (χ2n) is 3.03. The summed E-state index contributed by atoms with van der Waals surface area (Å²) in [6.07, 6.45) is 0. The number of benzene rings is 1. The number of hydrogen-bond donors (Lipinski definition) is 0. The molecule has 0 saturated heterocycles. The molecule has 0 aliphatic rings. The number of rotatable bonds is 4. The monoisotopic (exact) mass is 274 g/mol. The normalized spacial score (nSPS) is 9.82. The number of hydrogen-bond acceptors (Lipinski definition) is 4. The number of carbonyl (C=O) groups excluding carboxylic acids is 3. The molecule has 0 radical (unpaired) electrons. The van der Waals surface area contributed by atoms with Crippen LogP contribution in [0.1, 0.15) is 38.0 Å². The minimum atomic E-state index is -0.804. The third-order valence-corrected chi connectivity index (χ3v) is 2.38. The Hall–Kier alpha value is -1.39. The predicted molar refractivity (Wildman–Crippen MR) is 62.8 cm³/mol. The molecule has 1 aromatic rings. The minimum Gasteiger partial charge on any atom is -0.462 e. The van der Waals surface area contributed by atoms with Crippen molar-refractivity contribution in [1.82, 2.24) is 0 Å². The molecule has 0 aliphatic heterocycles. The lowest BCUT2D eigenvalue weighted by Crippen LogP contribution is -2.11. The molecule has 90 valence electrons. The van der Waals surface area contributed by atoms with Crippen LogP contribution in [-0.4, -0.2) is 23.1 Å². The van der Waals surface area contributed by atoms with Gasteiger partial charge in [-0.2, -0.15) is 0 Å². The largest absolute Gasteiger partial charge is 0.462 e. The van der Waals surface area contributed by atoms with Gasteiger partial charge in [0.05, 0.1) is 12.2 Å². The summed E-state index contributed by atoms with van der Waals surface area (Å²) in [5.41, 5.74) is 0.00141. The SMILES string of the molecule is CCOC(=O)c1cc(C(=O)Cl)ccc1C(=O)Cl. The van der Waals surface area contributed by atoms with Gasteiger partial charge in [0.25, 0.3) is 10.5 Å². The molecule has 4 nitrogen and oxygen atoms in total. The van der Waals surface area contributed by atoms with Crippen LogP contribution < -0.4 is 0 Å². The molecular weight excluding hydrogens is 267 g/mol. The Bertz CT molecular complexity index is 482. The average Bonchev–Trinajstić information content (AvgIpc) is 2.28. The topological polar surface area (TPSA) is 60.4 Å². The van der Waals surface area contributed by atoms with Crippen LogP contribution in [0.3, 0.4) is 0 Å². The molecule has 0 heterocycles. The zero-order valence-electron chi connectivity index (χ0n) is 8.83. The van der Waals surface area contributed by atoms with E-state index in [2.05, 4.69) is 0 Å². The quantitative estimate of drug-likeness (QED) is 0.626. The van der Waals surface area contributed by atoms with Gasteiger partial charge in [-0.15, -0.1) is 0 Å². The van der Waals surface area contributed by atoms with Crippen LogP contribution in [0.15, 0.2) is 18.2 Å². The standard InChI is InChI=1S/C11H8Cl2O4/c1-2-17-11(16)8-5-6(9(12)14)3-4-7(8)10(13)15/h3-5H,2H2,1H3. The Labute approximate surface area is 107 Å². The van der Waals surface area contributed by atoms with Crippen molar-refractivity contribution in [2.24, 2.45) is 0 Å². The molecule has 0 spiro atoms. The van der Waals surface area contributed by atoms with E-state index in [1.54, 1.807) is 6.92 Å². The Balaban J connectivity index is 3.30. The van der Waals surface area contributed by atoms with Crippen molar-refractivity contribution < 1.29 is 19.1 Å². The zero-order valence-corrected chi connectivity index (χ0v) is 10.3. The van der Waals surface area contributed by atoms with Crippen LogP contribution >= 0.6 is 23.2 Å². The Morgan fingerprint density at radius 3 is 2.24 bits per heavy atom. The first-order valence-corrected chi connectivity index (χ1v) is 5.43. The summed E-state index contributed by atoms with van der Waals surface area (Å²) in [5.74, 6) is -0.726. The number of ether oxygens (including phenoxy) is 1. The van der Waals surface area contributed by atoms with Crippen molar-refractivity contribution in [1.29, 1.82) is 0 Å². The Morgan fingerprint density at radius 1 is 1.12 bits per heavy atom. The van der Waals surface area contributed by atoms with Crippen LogP contribution in [0.25, 0.3) is 0 Å². The maximum Gasteiger partial charge on any atom is 0.338 e. The molecule has 17 heavy (non-hydrogen) atoms. The summed E-state index contributed by atoms with van der Waals surface area (Å²) < 4.78 is 4.75. The van der Waals surface area contributed by atoms with Crippen molar-refractivity contribution in [3.63, 3.8) is 0 Å². The van der Waals surface area contributed by atoms with Gasteiger partial charge in [0.2, 0.25) is 0 Å². The summed E-state index contributed by atoms with van der Waals surface area (Å²) >= 11 is 10.6. The Morgan fingerprint density at radius 2 is 1.76 bits per heavy atom. The molecule has 0 bridgehead atoms. The van der Waals surface area contributed by atoms with Gasteiger partial charge in [0, 0.05) is 11.1 Å². The van der Waals surface area contributed by atoms with Gasteiger partial charge in [-0.05, 0) is 48.3 Å². The minimum absolute atomic E-state index is 0.0215. The Kier molecular flexibility index (Phi) is 4.66. The smallest absolute Gasteiger partial charge is 0.338 e.